The number of aliphatic carboxylic acids is 1. The van der Waals surface area contributed by atoms with Gasteiger partial charge in [-0.3, -0.25) is 4.79 Å². The molecular weight excluding hydrogens is 357 g/mol. The molecule has 2 aromatic heterocycles. The minimum atomic E-state index is -4.57. The normalized spacial score (nSPS) is 13.0. The molecule has 136 valence electrons. The van der Waals surface area contributed by atoms with Crippen LogP contribution < -0.4 is 5.32 Å². The molecule has 0 aliphatic carbocycles. The fraction of sp³-hybridized carbons (Fsp3) is 0.438. The maximum Gasteiger partial charge on any atom is 0.433 e. The smallest absolute Gasteiger partial charge is 0.433 e. The number of carbonyl (C=O) groups is 2. The van der Waals surface area contributed by atoms with Gasteiger partial charge in [0.25, 0.3) is 5.91 Å². The first kappa shape index (κ1) is 19.2. The lowest BCUT2D eigenvalue weighted by Gasteiger charge is -2.13. The number of pyridine rings is 1. The van der Waals surface area contributed by atoms with Gasteiger partial charge in [0, 0.05) is 5.39 Å². The molecule has 0 bridgehead atoms. The maximum atomic E-state index is 12.8. The van der Waals surface area contributed by atoms with Crippen LogP contribution in [0.3, 0.4) is 0 Å². The summed E-state index contributed by atoms with van der Waals surface area (Å²) in [6.45, 7) is 3.51. The number of hydrogen-bond donors (Lipinski definition) is 2. The minimum Gasteiger partial charge on any atom is -0.480 e. The van der Waals surface area contributed by atoms with E-state index < -0.39 is 29.8 Å². The average Bonchev–Trinajstić information content (AvgIpc) is 2.86. The molecule has 0 aromatic carbocycles. The summed E-state index contributed by atoms with van der Waals surface area (Å²) in [6.07, 6.45) is -2.86. The van der Waals surface area contributed by atoms with Crippen molar-refractivity contribution in [1.82, 2.24) is 10.3 Å². The zero-order valence-electron chi connectivity index (χ0n) is 13.6. The molecule has 0 radical (unpaired) electrons. The Balaban J connectivity index is 2.32. The molecule has 0 unspecified atom stereocenters. The van der Waals surface area contributed by atoms with E-state index in [0.29, 0.717) is 17.4 Å². The predicted molar refractivity (Wildman–Crippen MR) is 87.8 cm³/mol. The number of unbranched alkanes of at least 4 members (excludes halogenated alkanes) is 1. The highest BCUT2D eigenvalue weighted by molar-refractivity contribution is 7.20. The van der Waals surface area contributed by atoms with Crippen molar-refractivity contribution in [2.75, 3.05) is 0 Å². The summed E-state index contributed by atoms with van der Waals surface area (Å²) in [5.41, 5.74) is -0.544. The van der Waals surface area contributed by atoms with Gasteiger partial charge in [0.2, 0.25) is 0 Å². The number of nitrogens with one attached hydrogen (secondary N) is 1. The second-order valence-corrected chi connectivity index (χ2v) is 6.61. The lowest BCUT2D eigenvalue weighted by molar-refractivity contribution is -0.141. The van der Waals surface area contributed by atoms with Gasteiger partial charge in [0.1, 0.15) is 16.6 Å². The molecule has 0 saturated carbocycles. The van der Waals surface area contributed by atoms with Gasteiger partial charge in [-0.2, -0.15) is 13.2 Å². The van der Waals surface area contributed by atoms with E-state index in [1.807, 2.05) is 6.92 Å². The van der Waals surface area contributed by atoms with Crippen molar-refractivity contribution < 1.29 is 27.9 Å². The summed E-state index contributed by atoms with van der Waals surface area (Å²) < 4.78 is 38.3. The zero-order chi connectivity index (χ0) is 18.8. The van der Waals surface area contributed by atoms with Gasteiger partial charge in [-0.25, -0.2) is 9.78 Å². The van der Waals surface area contributed by atoms with Crippen molar-refractivity contribution >= 4 is 33.4 Å². The third kappa shape index (κ3) is 4.28. The molecule has 1 atom stereocenters. The number of carboxylic acid groups (broad SMARTS) is 1. The summed E-state index contributed by atoms with van der Waals surface area (Å²) in [5.74, 6) is -1.75. The Hall–Kier alpha value is -2.16. The van der Waals surface area contributed by atoms with Crippen LogP contribution in [-0.4, -0.2) is 28.0 Å². The zero-order valence-corrected chi connectivity index (χ0v) is 14.4. The fourth-order valence-corrected chi connectivity index (χ4v) is 3.45. The number of aryl methyl sites for hydroxylation is 1. The Morgan fingerprint density at radius 1 is 1.36 bits per heavy atom. The van der Waals surface area contributed by atoms with E-state index in [1.165, 1.54) is 6.07 Å². The van der Waals surface area contributed by atoms with Crippen molar-refractivity contribution in [3.8, 4) is 0 Å². The molecule has 25 heavy (non-hydrogen) atoms. The van der Waals surface area contributed by atoms with Crippen LogP contribution >= 0.6 is 11.3 Å². The van der Waals surface area contributed by atoms with Gasteiger partial charge >= 0.3 is 12.1 Å². The van der Waals surface area contributed by atoms with Crippen LogP contribution in [-0.2, 0) is 11.0 Å². The SMILES string of the molecule is CCCC[C@H](NC(=O)c1sc2nc(C(F)(F)F)ccc2c1C)C(=O)O. The standard InChI is InChI=1S/C16H17F3N2O3S/c1-3-4-5-10(15(23)24)20-13(22)12-8(2)9-6-7-11(16(17,18)19)21-14(9)25-12/h6-7,10H,3-5H2,1-2H3,(H,20,22)(H,23,24)/t10-/m0/s1. The molecule has 0 fully saturated rings. The Morgan fingerprint density at radius 2 is 2.04 bits per heavy atom. The van der Waals surface area contributed by atoms with Crippen molar-refractivity contribution in [1.29, 1.82) is 0 Å². The minimum absolute atomic E-state index is 0.0953. The van der Waals surface area contributed by atoms with Crippen LogP contribution in [0.25, 0.3) is 10.2 Å². The quantitative estimate of drug-likeness (QED) is 0.801. The molecule has 0 spiro atoms. The monoisotopic (exact) mass is 374 g/mol. The van der Waals surface area contributed by atoms with E-state index in [2.05, 4.69) is 10.3 Å². The summed E-state index contributed by atoms with van der Waals surface area (Å²) >= 11 is 0.824. The highest BCUT2D eigenvalue weighted by Crippen LogP contribution is 2.34. The van der Waals surface area contributed by atoms with E-state index in [9.17, 15) is 27.9 Å². The van der Waals surface area contributed by atoms with Crippen molar-refractivity contribution in [2.24, 2.45) is 0 Å². The number of rotatable bonds is 6. The van der Waals surface area contributed by atoms with Crippen LogP contribution in [0, 0.1) is 6.92 Å². The number of nitrogens with zero attached hydrogens (tertiary/aromatic N) is 1. The number of hydrogen-bond acceptors (Lipinski definition) is 4. The molecule has 5 nitrogen and oxygen atoms in total. The molecule has 0 aliphatic heterocycles. The molecule has 0 aliphatic rings. The first-order valence-corrected chi connectivity index (χ1v) is 8.47. The maximum absolute atomic E-state index is 12.8. The molecule has 0 saturated heterocycles. The van der Waals surface area contributed by atoms with Crippen LogP contribution in [0.1, 0.15) is 47.1 Å². The Kier molecular flexibility index (Phi) is 5.66. The predicted octanol–water partition coefficient (Wildman–Crippen LogP) is 4.00. The average molecular weight is 374 g/mol. The van der Waals surface area contributed by atoms with Gasteiger partial charge in [-0.1, -0.05) is 19.8 Å². The molecule has 1 amide bonds. The molecule has 2 aromatic rings. The van der Waals surface area contributed by atoms with Crippen LogP contribution in [0.15, 0.2) is 12.1 Å². The topological polar surface area (TPSA) is 79.3 Å². The first-order valence-electron chi connectivity index (χ1n) is 7.66. The van der Waals surface area contributed by atoms with Gasteiger partial charge in [-0.15, -0.1) is 11.3 Å². The molecule has 2 rings (SSSR count). The summed E-state index contributed by atoms with van der Waals surface area (Å²) in [5, 5.41) is 12.1. The van der Waals surface area contributed by atoms with Crippen molar-refractivity contribution in [2.45, 2.75) is 45.3 Å². The van der Waals surface area contributed by atoms with E-state index in [0.717, 1.165) is 23.8 Å². The highest BCUT2D eigenvalue weighted by atomic mass is 32.1. The lowest BCUT2D eigenvalue weighted by atomic mass is 10.1. The van der Waals surface area contributed by atoms with Crippen LogP contribution in [0.4, 0.5) is 13.2 Å². The summed E-state index contributed by atoms with van der Waals surface area (Å²) in [6, 6.07) is 1.11. The Bertz CT molecular complexity index is 802. The first-order chi connectivity index (χ1) is 11.6. The second-order valence-electron chi connectivity index (χ2n) is 5.61. The van der Waals surface area contributed by atoms with E-state index in [1.54, 1.807) is 6.92 Å². The summed E-state index contributed by atoms with van der Waals surface area (Å²) in [7, 11) is 0. The van der Waals surface area contributed by atoms with Crippen LogP contribution in [0.2, 0.25) is 0 Å². The van der Waals surface area contributed by atoms with E-state index in [4.69, 9.17) is 0 Å². The molecule has 2 N–H and O–H groups in total. The molecular formula is C16H17F3N2O3S. The van der Waals surface area contributed by atoms with Crippen molar-refractivity contribution in [3.63, 3.8) is 0 Å². The number of aromatic nitrogens is 1. The van der Waals surface area contributed by atoms with Gasteiger partial charge in [-0.05, 0) is 31.0 Å². The lowest BCUT2D eigenvalue weighted by Crippen LogP contribution is -2.40. The number of carbonyl (C=O) groups excluding carboxylic acids is 1. The molecule has 2 heterocycles. The van der Waals surface area contributed by atoms with Gasteiger partial charge in [0.15, 0.2) is 0 Å². The number of alkyl halides is 3. The van der Waals surface area contributed by atoms with Gasteiger partial charge in [0.05, 0.1) is 4.88 Å². The number of amides is 1. The largest absolute Gasteiger partial charge is 0.480 e. The number of carboxylic acids is 1. The third-order valence-corrected chi connectivity index (χ3v) is 4.95. The number of thiophene rings is 1. The van der Waals surface area contributed by atoms with E-state index >= 15 is 0 Å². The van der Waals surface area contributed by atoms with Crippen molar-refractivity contribution in [3.05, 3.63) is 28.3 Å². The van der Waals surface area contributed by atoms with Gasteiger partial charge < -0.3 is 10.4 Å². The fourth-order valence-electron chi connectivity index (χ4n) is 2.36. The number of fused-ring (bicyclic) bond motifs is 1. The summed E-state index contributed by atoms with van der Waals surface area (Å²) in [4.78, 5) is 27.5. The highest BCUT2D eigenvalue weighted by Gasteiger charge is 2.33. The number of halogens is 3. The Labute approximate surface area is 145 Å². The second kappa shape index (κ2) is 7.38. The third-order valence-electron chi connectivity index (χ3n) is 3.75. The van der Waals surface area contributed by atoms with Crippen LogP contribution in [0.5, 0.6) is 0 Å². The van der Waals surface area contributed by atoms with E-state index in [-0.39, 0.29) is 16.1 Å². The molecule has 9 heteroatoms. The Morgan fingerprint density at radius 3 is 2.60 bits per heavy atom.